The summed E-state index contributed by atoms with van der Waals surface area (Å²) in [5.74, 6) is -0.429. The molecule has 2 aromatic rings. The van der Waals surface area contributed by atoms with Crippen molar-refractivity contribution < 1.29 is 9.59 Å². The fourth-order valence-corrected chi connectivity index (χ4v) is 4.44. The fourth-order valence-electron chi connectivity index (χ4n) is 2.94. The standard InChI is InChI=1S/C22H21Cl2N3O2S/c1-4-10-27-21(29)19(12-20(28)25-17-7-5-6-16(24)14(17)3)30-22(27)26-18-11-15(23)9-8-13(18)2/h4-9,11,19H,1,10,12H2,2-3H3,(H,25,28)/t19-/m1/s1. The number of aryl methyl sites for hydroxylation is 1. The van der Waals surface area contributed by atoms with Crippen LogP contribution >= 0.6 is 35.0 Å². The normalized spacial score (nSPS) is 17.5. The molecule has 1 aliphatic heterocycles. The van der Waals surface area contributed by atoms with E-state index >= 15 is 0 Å². The minimum atomic E-state index is -0.567. The number of nitrogens with one attached hydrogen (secondary N) is 1. The molecule has 0 aliphatic carbocycles. The van der Waals surface area contributed by atoms with Crippen LogP contribution in [-0.4, -0.2) is 33.7 Å². The second-order valence-corrected chi connectivity index (χ2v) is 8.85. The van der Waals surface area contributed by atoms with Crippen LogP contribution in [0.25, 0.3) is 0 Å². The average molecular weight is 462 g/mol. The van der Waals surface area contributed by atoms with Crippen LogP contribution in [0.4, 0.5) is 11.4 Å². The smallest absolute Gasteiger partial charge is 0.242 e. The highest BCUT2D eigenvalue weighted by Crippen LogP contribution is 2.33. The van der Waals surface area contributed by atoms with Crippen LogP contribution in [0.5, 0.6) is 0 Å². The van der Waals surface area contributed by atoms with E-state index in [9.17, 15) is 9.59 Å². The molecule has 0 radical (unpaired) electrons. The second-order valence-electron chi connectivity index (χ2n) is 6.83. The molecule has 30 heavy (non-hydrogen) atoms. The molecular weight excluding hydrogens is 441 g/mol. The molecule has 0 saturated carbocycles. The van der Waals surface area contributed by atoms with Crippen LogP contribution in [0.1, 0.15) is 17.5 Å². The molecule has 8 heteroatoms. The summed E-state index contributed by atoms with van der Waals surface area (Å²) in [4.78, 5) is 31.7. The van der Waals surface area contributed by atoms with E-state index in [2.05, 4.69) is 16.9 Å². The second kappa shape index (κ2) is 9.69. The molecule has 0 aromatic heterocycles. The summed E-state index contributed by atoms with van der Waals surface area (Å²) in [5, 5.41) is 3.94. The highest BCUT2D eigenvalue weighted by Gasteiger charge is 2.38. The molecule has 0 bridgehead atoms. The Balaban J connectivity index is 1.79. The third kappa shape index (κ3) is 5.06. The molecule has 1 heterocycles. The summed E-state index contributed by atoms with van der Waals surface area (Å²) in [6.07, 6.45) is 1.66. The van der Waals surface area contributed by atoms with Gasteiger partial charge in [-0.25, -0.2) is 4.99 Å². The van der Waals surface area contributed by atoms with Gasteiger partial charge < -0.3 is 5.32 Å². The van der Waals surface area contributed by atoms with Crippen molar-refractivity contribution in [2.75, 3.05) is 11.9 Å². The van der Waals surface area contributed by atoms with E-state index < -0.39 is 5.25 Å². The van der Waals surface area contributed by atoms with Gasteiger partial charge in [-0.2, -0.15) is 0 Å². The zero-order valence-corrected chi connectivity index (χ0v) is 18.9. The van der Waals surface area contributed by atoms with Gasteiger partial charge in [-0.15, -0.1) is 6.58 Å². The first-order chi connectivity index (χ1) is 14.3. The van der Waals surface area contributed by atoms with Gasteiger partial charge >= 0.3 is 0 Å². The third-order valence-electron chi connectivity index (χ3n) is 4.63. The number of amidine groups is 1. The van der Waals surface area contributed by atoms with Gasteiger partial charge in [0.05, 0.1) is 5.69 Å². The lowest BCUT2D eigenvalue weighted by Gasteiger charge is -2.14. The summed E-state index contributed by atoms with van der Waals surface area (Å²) in [6, 6.07) is 10.7. The number of nitrogens with zero attached hydrogens (tertiary/aromatic N) is 2. The number of hydrogen-bond donors (Lipinski definition) is 1. The Labute approximate surface area is 190 Å². The molecule has 2 amide bonds. The number of amides is 2. The Morgan fingerprint density at radius 1 is 1.30 bits per heavy atom. The predicted octanol–water partition coefficient (Wildman–Crippen LogP) is 5.76. The largest absolute Gasteiger partial charge is 0.326 e. The molecule has 1 saturated heterocycles. The lowest BCUT2D eigenvalue weighted by atomic mass is 10.2. The van der Waals surface area contributed by atoms with E-state index in [4.69, 9.17) is 23.2 Å². The number of aliphatic imine (C=N–C) groups is 1. The van der Waals surface area contributed by atoms with Gasteiger partial charge in [0.1, 0.15) is 5.25 Å². The summed E-state index contributed by atoms with van der Waals surface area (Å²) >= 11 is 13.5. The maximum Gasteiger partial charge on any atom is 0.242 e. The van der Waals surface area contributed by atoms with E-state index in [1.165, 1.54) is 11.8 Å². The maximum absolute atomic E-state index is 12.9. The van der Waals surface area contributed by atoms with Crippen molar-refractivity contribution in [2.24, 2.45) is 4.99 Å². The van der Waals surface area contributed by atoms with Crippen LogP contribution in [0.2, 0.25) is 10.0 Å². The van der Waals surface area contributed by atoms with E-state index in [-0.39, 0.29) is 18.2 Å². The van der Waals surface area contributed by atoms with Gasteiger partial charge in [-0.1, -0.05) is 53.2 Å². The third-order valence-corrected chi connectivity index (χ3v) is 6.45. The first kappa shape index (κ1) is 22.4. The number of thioether (sulfide) groups is 1. The highest BCUT2D eigenvalue weighted by molar-refractivity contribution is 8.15. The first-order valence-electron chi connectivity index (χ1n) is 9.29. The van der Waals surface area contributed by atoms with Crippen LogP contribution in [-0.2, 0) is 9.59 Å². The van der Waals surface area contributed by atoms with Crippen LogP contribution in [0.3, 0.4) is 0 Å². The van der Waals surface area contributed by atoms with E-state index in [0.717, 1.165) is 11.1 Å². The Hall–Kier alpha value is -2.28. The number of anilines is 1. The highest BCUT2D eigenvalue weighted by atomic mass is 35.5. The van der Waals surface area contributed by atoms with E-state index in [1.54, 1.807) is 41.3 Å². The van der Waals surface area contributed by atoms with Crippen LogP contribution < -0.4 is 5.32 Å². The van der Waals surface area contributed by atoms with Crippen LogP contribution in [0.15, 0.2) is 54.0 Å². The van der Waals surface area contributed by atoms with Gasteiger partial charge in [0.2, 0.25) is 11.8 Å². The minimum absolute atomic E-state index is 0.0244. The summed E-state index contributed by atoms with van der Waals surface area (Å²) in [5.41, 5.74) is 3.04. The van der Waals surface area contributed by atoms with Gasteiger partial charge in [0.15, 0.2) is 5.17 Å². The summed E-state index contributed by atoms with van der Waals surface area (Å²) in [6.45, 7) is 7.79. The Kier molecular flexibility index (Phi) is 7.23. The number of carbonyl (C=O) groups is 2. The van der Waals surface area contributed by atoms with Crippen molar-refractivity contribution in [1.82, 2.24) is 4.90 Å². The van der Waals surface area contributed by atoms with Crippen molar-refractivity contribution in [2.45, 2.75) is 25.5 Å². The van der Waals surface area contributed by atoms with Crippen molar-refractivity contribution >= 4 is 63.3 Å². The summed E-state index contributed by atoms with van der Waals surface area (Å²) < 4.78 is 0. The lowest BCUT2D eigenvalue weighted by molar-refractivity contribution is -0.127. The van der Waals surface area contributed by atoms with Crippen molar-refractivity contribution in [3.8, 4) is 0 Å². The minimum Gasteiger partial charge on any atom is -0.326 e. The van der Waals surface area contributed by atoms with Crippen molar-refractivity contribution in [3.05, 3.63) is 70.2 Å². The fraction of sp³-hybridized carbons (Fsp3) is 0.227. The Morgan fingerprint density at radius 3 is 2.80 bits per heavy atom. The molecule has 5 nitrogen and oxygen atoms in total. The number of rotatable bonds is 6. The van der Waals surface area contributed by atoms with Gasteiger partial charge in [-0.05, 0) is 49.2 Å². The number of carbonyl (C=O) groups excluding carboxylic acids is 2. The molecule has 156 valence electrons. The molecule has 0 spiro atoms. The molecule has 2 aromatic carbocycles. The number of hydrogen-bond acceptors (Lipinski definition) is 4. The monoisotopic (exact) mass is 461 g/mol. The zero-order valence-electron chi connectivity index (χ0n) is 16.6. The predicted molar refractivity (Wildman–Crippen MR) is 126 cm³/mol. The summed E-state index contributed by atoms with van der Waals surface area (Å²) in [7, 11) is 0. The first-order valence-corrected chi connectivity index (χ1v) is 10.9. The topological polar surface area (TPSA) is 61.8 Å². The molecule has 1 fully saturated rings. The zero-order chi connectivity index (χ0) is 21.8. The van der Waals surface area contributed by atoms with Crippen LogP contribution in [0, 0.1) is 13.8 Å². The lowest BCUT2D eigenvalue weighted by Crippen LogP contribution is -2.33. The molecule has 1 N–H and O–H groups in total. The number of halogens is 2. The van der Waals surface area contributed by atoms with Crippen molar-refractivity contribution in [1.29, 1.82) is 0 Å². The van der Waals surface area contributed by atoms with E-state index in [1.807, 2.05) is 19.9 Å². The molecule has 1 aliphatic rings. The Bertz CT molecular complexity index is 1040. The van der Waals surface area contributed by atoms with Gasteiger partial charge in [0, 0.05) is 28.7 Å². The molecule has 0 unspecified atom stereocenters. The Morgan fingerprint density at radius 2 is 2.07 bits per heavy atom. The molecular formula is C22H21Cl2N3O2S. The SMILES string of the molecule is C=CCN1C(=O)[C@@H](CC(=O)Nc2cccc(Cl)c2C)SC1=Nc1cc(Cl)ccc1C. The molecule has 3 rings (SSSR count). The van der Waals surface area contributed by atoms with Crippen molar-refractivity contribution in [3.63, 3.8) is 0 Å². The molecule has 1 atom stereocenters. The average Bonchev–Trinajstić information content (AvgIpc) is 2.97. The number of benzene rings is 2. The quantitative estimate of drug-likeness (QED) is 0.556. The van der Waals surface area contributed by atoms with Gasteiger partial charge in [-0.3, -0.25) is 14.5 Å². The van der Waals surface area contributed by atoms with E-state index in [0.29, 0.717) is 33.1 Å². The van der Waals surface area contributed by atoms with Gasteiger partial charge in [0.25, 0.3) is 0 Å². The maximum atomic E-state index is 12.9.